The number of quaternary nitrogens is 1. The fourth-order valence-electron chi connectivity index (χ4n) is 4.79. The van der Waals surface area contributed by atoms with E-state index >= 15 is 0 Å². The maximum absolute atomic E-state index is 12.6. The number of hydrogen-bond donors (Lipinski definition) is 1. The number of ether oxygens (including phenoxy) is 2. The van der Waals surface area contributed by atoms with Crippen LogP contribution in [-0.2, 0) is 27.9 Å². The average Bonchev–Trinajstić information content (AvgIpc) is 3.06. The molecule has 0 aromatic rings. The Bertz CT molecular complexity index is 984. The van der Waals surface area contributed by atoms with Crippen LogP contribution in [0.5, 0.6) is 0 Å². The molecule has 0 aliphatic rings. The molecule has 9 heteroatoms. The van der Waals surface area contributed by atoms with Crippen LogP contribution in [0, 0.1) is 0 Å². The Morgan fingerprint density at radius 3 is 1.74 bits per heavy atom. The summed E-state index contributed by atoms with van der Waals surface area (Å²) in [6, 6.07) is 0. The Labute approximate surface area is 307 Å². The molecule has 0 aromatic heterocycles. The molecule has 50 heavy (non-hydrogen) atoms. The molecule has 0 aromatic carbocycles. The predicted molar refractivity (Wildman–Crippen MR) is 210 cm³/mol. The number of phosphoric acid groups is 1. The van der Waals surface area contributed by atoms with Gasteiger partial charge in [0.05, 0.1) is 34.4 Å². The maximum Gasteiger partial charge on any atom is 0.472 e. The van der Waals surface area contributed by atoms with Crippen molar-refractivity contribution in [2.24, 2.45) is 0 Å². The maximum atomic E-state index is 12.6. The largest absolute Gasteiger partial charge is 0.472 e. The first-order valence-corrected chi connectivity index (χ1v) is 21.0. The minimum atomic E-state index is -4.29. The molecule has 0 radical (unpaired) electrons. The fourth-order valence-corrected chi connectivity index (χ4v) is 5.54. The quantitative estimate of drug-likeness (QED) is 0.0229. The van der Waals surface area contributed by atoms with Crippen molar-refractivity contribution in [2.75, 3.05) is 54.1 Å². The van der Waals surface area contributed by atoms with Crippen molar-refractivity contribution in [3.8, 4) is 0 Å². The van der Waals surface area contributed by atoms with E-state index in [4.69, 9.17) is 18.5 Å². The number of unbranched alkanes of at least 4 members (excludes halogenated alkanes) is 11. The number of hydrogen-bond acceptors (Lipinski definition) is 6. The van der Waals surface area contributed by atoms with Crippen LogP contribution < -0.4 is 0 Å². The molecular formula is C41H75NO7P+. The lowest BCUT2D eigenvalue weighted by Gasteiger charge is -2.24. The highest BCUT2D eigenvalue weighted by Crippen LogP contribution is 2.43. The summed E-state index contributed by atoms with van der Waals surface area (Å²) >= 11 is 0. The molecule has 0 saturated heterocycles. The van der Waals surface area contributed by atoms with Crippen molar-refractivity contribution in [3.63, 3.8) is 0 Å². The molecule has 2 atom stereocenters. The third kappa shape index (κ3) is 37.5. The van der Waals surface area contributed by atoms with E-state index in [1.807, 2.05) is 33.3 Å². The molecule has 2 unspecified atom stereocenters. The molecule has 8 nitrogen and oxygen atoms in total. The minimum absolute atomic E-state index is 0.0724. The van der Waals surface area contributed by atoms with Gasteiger partial charge in [-0.3, -0.25) is 13.8 Å². The Kier molecular flexibility index (Phi) is 33.1. The van der Waals surface area contributed by atoms with Gasteiger partial charge in [-0.15, -0.1) is 0 Å². The molecule has 0 spiro atoms. The third-order valence-electron chi connectivity index (χ3n) is 7.83. The second-order valence-corrected chi connectivity index (χ2v) is 15.4. The fraction of sp³-hybridized carbons (Fsp3) is 0.732. The standard InChI is InChI=1S/C41H74NO7P/c1-6-8-10-12-14-16-18-20-21-23-25-27-29-31-33-36-46-38-40(39-48-50(44,45)47-37-35-42(3,4)5)49-41(43)34-32-30-28-26-24-22-19-17-15-13-11-9-7-2/h9,11,15,17-18,20,22,24,28,30,40H,6-8,10,12-14,16,19,21,23,25-27,29,31-39H2,1-5H3/p+1/b11-9-,17-15-,20-18-,24-22-,30-28-. The van der Waals surface area contributed by atoms with Gasteiger partial charge < -0.3 is 18.9 Å². The molecule has 0 aliphatic heterocycles. The van der Waals surface area contributed by atoms with Crippen molar-refractivity contribution in [1.29, 1.82) is 0 Å². The van der Waals surface area contributed by atoms with Crippen LogP contribution in [0.4, 0.5) is 0 Å². The van der Waals surface area contributed by atoms with E-state index < -0.39 is 19.9 Å². The zero-order valence-electron chi connectivity index (χ0n) is 32.6. The van der Waals surface area contributed by atoms with Crippen molar-refractivity contribution in [1.82, 2.24) is 0 Å². The Morgan fingerprint density at radius 2 is 1.16 bits per heavy atom. The van der Waals surface area contributed by atoms with Gasteiger partial charge in [-0.2, -0.15) is 0 Å². The highest BCUT2D eigenvalue weighted by Gasteiger charge is 2.26. The number of allylic oxidation sites excluding steroid dienone is 10. The van der Waals surface area contributed by atoms with E-state index in [1.165, 1.54) is 70.6 Å². The summed E-state index contributed by atoms with van der Waals surface area (Å²) in [6.07, 6.45) is 41.3. The molecule has 0 rings (SSSR count). The topological polar surface area (TPSA) is 91.3 Å². The van der Waals surface area contributed by atoms with E-state index in [1.54, 1.807) is 0 Å². The smallest absolute Gasteiger partial charge is 0.457 e. The summed E-state index contributed by atoms with van der Waals surface area (Å²) in [7, 11) is 1.61. The summed E-state index contributed by atoms with van der Waals surface area (Å²) < 4.78 is 34.7. The van der Waals surface area contributed by atoms with E-state index in [0.29, 0.717) is 24.1 Å². The lowest BCUT2D eigenvalue weighted by atomic mass is 10.1. The van der Waals surface area contributed by atoms with Gasteiger partial charge in [0.15, 0.2) is 0 Å². The predicted octanol–water partition coefficient (Wildman–Crippen LogP) is 11.0. The Hall–Kier alpha value is -1.80. The summed E-state index contributed by atoms with van der Waals surface area (Å²) in [4.78, 5) is 22.7. The zero-order chi connectivity index (χ0) is 37.0. The summed E-state index contributed by atoms with van der Waals surface area (Å²) in [5.41, 5.74) is 0. The van der Waals surface area contributed by atoms with Gasteiger partial charge in [0.1, 0.15) is 19.3 Å². The van der Waals surface area contributed by atoms with Crippen molar-refractivity contribution in [2.45, 2.75) is 142 Å². The Morgan fingerprint density at radius 1 is 0.640 bits per heavy atom. The first kappa shape index (κ1) is 48.2. The number of phosphoric ester groups is 1. The van der Waals surface area contributed by atoms with Gasteiger partial charge >= 0.3 is 13.8 Å². The monoisotopic (exact) mass is 725 g/mol. The van der Waals surface area contributed by atoms with Crippen LogP contribution >= 0.6 is 7.82 Å². The second-order valence-electron chi connectivity index (χ2n) is 13.9. The first-order chi connectivity index (χ1) is 24.1. The second kappa shape index (κ2) is 34.3. The molecule has 1 N–H and O–H groups in total. The van der Waals surface area contributed by atoms with E-state index in [9.17, 15) is 14.3 Å². The van der Waals surface area contributed by atoms with Gasteiger partial charge in [-0.25, -0.2) is 4.57 Å². The van der Waals surface area contributed by atoms with Crippen molar-refractivity contribution >= 4 is 13.8 Å². The lowest BCUT2D eigenvalue weighted by Crippen LogP contribution is -2.37. The summed E-state index contributed by atoms with van der Waals surface area (Å²) in [5.74, 6) is -0.398. The number of carbonyl (C=O) groups excluding carboxylic acids is 1. The zero-order valence-corrected chi connectivity index (χ0v) is 33.5. The van der Waals surface area contributed by atoms with Crippen LogP contribution in [0.2, 0.25) is 0 Å². The van der Waals surface area contributed by atoms with Gasteiger partial charge in [0.25, 0.3) is 0 Å². The van der Waals surface area contributed by atoms with Gasteiger partial charge in [0, 0.05) is 13.0 Å². The van der Waals surface area contributed by atoms with E-state index in [2.05, 4.69) is 62.5 Å². The summed E-state index contributed by atoms with van der Waals surface area (Å²) in [6.45, 7) is 5.36. The van der Waals surface area contributed by atoms with Crippen LogP contribution in [0.15, 0.2) is 60.8 Å². The highest BCUT2D eigenvalue weighted by molar-refractivity contribution is 7.47. The van der Waals surface area contributed by atoms with Crippen LogP contribution in [0.1, 0.15) is 136 Å². The van der Waals surface area contributed by atoms with E-state index in [-0.39, 0.29) is 26.2 Å². The number of carbonyl (C=O) groups is 1. The van der Waals surface area contributed by atoms with Crippen LogP contribution in [0.3, 0.4) is 0 Å². The number of likely N-dealkylation sites (N-methyl/N-ethyl adjacent to an activating group) is 1. The molecule has 0 amide bonds. The lowest BCUT2D eigenvalue weighted by molar-refractivity contribution is -0.870. The molecule has 0 saturated carbocycles. The first-order valence-electron chi connectivity index (χ1n) is 19.5. The van der Waals surface area contributed by atoms with E-state index in [0.717, 1.165) is 38.5 Å². The average molecular weight is 725 g/mol. The van der Waals surface area contributed by atoms with Gasteiger partial charge in [0.2, 0.25) is 0 Å². The summed E-state index contributed by atoms with van der Waals surface area (Å²) in [5, 5.41) is 0. The van der Waals surface area contributed by atoms with Gasteiger partial charge in [-0.05, 0) is 64.2 Å². The SMILES string of the molecule is CC/C=C\C/C=C\C/C=C\C/C=C\CCC(=O)OC(COCCCCCCCC/C=C\CCCCCCC)COP(=O)(O)OCC[N+](C)(C)C. The van der Waals surface area contributed by atoms with Crippen LogP contribution in [-0.4, -0.2) is 75.6 Å². The number of rotatable bonds is 35. The van der Waals surface area contributed by atoms with Gasteiger partial charge in [-0.1, -0.05) is 126 Å². The molecule has 0 heterocycles. The molecule has 290 valence electrons. The Balaban J connectivity index is 4.41. The molecule has 0 bridgehead atoms. The van der Waals surface area contributed by atoms with Crippen molar-refractivity contribution in [3.05, 3.63) is 60.8 Å². The van der Waals surface area contributed by atoms with Crippen LogP contribution in [0.25, 0.3) is 0 Å². The minimum Gasteiger partial charge on any atom is -0.457 e. The molecule has 0 fully saturated rings. The third-order valence-corrected chi connectivity index (χ3v) is 8.81. The van der Waals surface area contributed by atoms with Crippen molar-refractivity contribution < 1.29 is 37.3 Å². The number of esters is 1. The highest BCUT2D eigenvalue weighted by atomic mass is 31.2. The molecular weight excluding hydrogens is 649 g/mol. The normalized spacial score (nSPS) is 14.6. The molecule has 0 aliphatic carbocycles. The number of nitrogens with zero attached hydrogens (tertiary/aromatic N) is 1.